The molecule has 0 spiro atoms. The van der Waals surface area contributed by atoms with Crippen molar-refractivity contribution in [2.45, 2.75) is 26.8 Å². The van der Waals surface area contributed by atoms with Gasteiger partial charge in [0.1, 0.15) is 0 Å². The van der Waals surface area contributed by atoms with Crippen LogP contribution >= 0.6 is 0 Å². The van der Waals surface area contributed by atoms with E-state index in [4.69, 9.17) is 0 Å². The first kappa shape index (κ1) is 14.6. The molecule has 0 bridgehead atoms. The summed E-state index contributed by atoms with van der Waals surface area (Å²) in [6, 6.07) is 17.3. The van der Waals surface area contributed by atoms with Gasteiger partial charge in [-0.05, 0) is 49.2 Å². The summed E-state index contributed by atoms with van der Waals surface area (Å²) in [6.07, 6.45) is 1.17. The first-order chi connectivity index (χ1) is 9.72. The lowest BCUT2D eigenvalue weighted by molar-refractivity contribution is 0.675. The number of nitrogens with zero attached hydrogens (tertiary/aromatic N) is 1. The largest absolute Gasteiger partial charge is 0.344 e. The first-order valence-electron chi connectivity index (χ1n) is 7.31. The molecule has 0 aliphatic rings. The second-order valence-corrected chi connectivity index (χ2v) is 5.19. The van der Waals surface area contributed by atoms with Crippen LogP contribution in [-0.4, -0.2) is 13.6 Å². The maximum Gasteiger partial charge on any atom is 0.0437 e. The minimum absolute atomic E-state index is 0.947. The van der Waals surface area contributed by atoms with Gasteiger partial charge in [0.2, 0.25) is 0 Å². The van der Waals surface area contributed by atoms with Gasteiger partial charge in [-0.15, -0.1) is 0 Å². The number of benzene rings is 2. The zero-order chi connectivity index (χ0) is 14.4. The molecule has 0 heterocycles. The van der Waals surface area contributed by atoms with Crippen LogP contribution in [0.4, 0.5) is 11.4 Å². The normalized spacial score (nSPS) is 10.6. The van der Waals surface area contributed by atoms with Gasteiger partial charge in [-0.1, -0.05) is 37.3 Å². The van der Waals surface area contributed by atoms with Crippen LogP contribution in [0.2, 0.25) is 0 Å². The minimum Gasteiger partial charge on any atom is -0.344 e. The van der Waals surface area contributed by atoms with Gasteiger partial charge in [-0.25, -0.2) is 0 Å². The third-order valence-electron chi connectivity index (χ3n) is 3.56. The van der Waals surface area contributed by atoms with Crippen LogP contribution in [0.25, 0.3) is 0 Å². The quantitative estimate of drug-likeness (QED) is 0.787. The molecular weight excluding hydrogens is 244 g/mol. The molecule has 0 amide bonds. The van der Waals surface area contributed by atoms with Crippen molar-refractivity contribution in [3.05, 3.63) is 59.7 Å². The van der Waals surface area contributed by atoms with Gasteiger partial charge < -0.3 is 10.2 Å². The van der Waals surface area contributed by atoms with E-state index in [2.05, 4.69) is 79.6 Å². The standard InChI is InChI=1S/C18H24N2/c1-4-13-19-14-16-9-11-17(12-10-16)20(3)18-8-6-5-7-15(18)2/h5-12,19H,4,13-14H2,1-3H3. The number of nitrogens with one attached hydrogen (secondary N) is 1. The fourth-order valence-corrected chi connectivity index (χ4v) is 2.33. The van der Waals surface area contributed by atoms with E-state index < -0.39 is 0 Å². The van der Waals surface area contributed by atoms with Crippen molar-refractivity contribution in [2.75, 3.05) is 18.5 Å². The molecule has 0 aromatic heterocycles. The van der Waals surface area contributed by atoms with Crippen LogP contribution in [-0.2, 0) is 6.54 Å². The third-order valence-corrected chi connectivity index (χ3v) is 3.56. The van der Waals surface area contributed by atoms with Crippen molar-refractivity contribution in [1.82, 2.24) is 5.32 Å². The zero-order valence-corrected chi connectivity index (χ0v) is 12.7. The van der Waals surface area contributed by atoms with Crippen LogP contribution in [0.3, 0.4) is 0 Å². The predicted octanol–water partition coefficient (Wildman–Crippen LogP) is 4.26. The van der Waals surface area contributed by atoms with E-state index in [-0.39, 0.29) is 0 Å². The molecule has 0 atom stereocenters. The SMILES string of the molecule is CCCNCc1ccc(N(C)c2ccccc2C)cc1. The molecule has 0 unspecified atom stereocenters. The highest BCUT2D eigenvalue weighted by molar-refractivity contribution is 5.65. The van der Waals surface area contributed by atoms with Crippen molar-refractivity contribution in [3.63, 3.8) is 0 Å². The molecule has 2 heteroatoms. The zero-order valence-electron chi connectivity index (χ0n) is 12.7. The van der Waals surface area contributed by atoms with E-state index in [9.17, 15) is 0 Å². The van der Waals surface area contributed by atoms with E-state index >= 15 is 0 Å². The lowest BCUT2D eigenvalue weighted by Crippen LogP contribution is -2.14. The maximum atomic E-state index is 3.43. The van der Waals surface area contributed by atoms with Gasteiger partial charge in [-0.2, -0.15) is 0 Å². The van der Waals surface area contributed by atoms with Crippen LogP contribution in [0.5, 0.6) is 0 Å². The Balaban J connectivity index is 2.08. The predicted molar refractivity (Wildman–Crippen MR) is 87.7 cm³/mol. The number of hydrogen-bond donors (Lipinski definition) is 1. The Hall–Kier alpha value is -1.80. The summed E-state index contributed by atoms with van der Waals surface area (Å²) in [5.41, 5.74) is 5.10. The molecule has 2 aromatic carbocycles. The molecule has 106 valence electrons. The van der Waals surface area contributed by atoms with Gasteiger partial charge in [0, 0.05) is 25.0 Å². The molecule has 0 saturated heterocycles. The van der Waals surface area contributed by atoms with E-state index in [0.717, 1.165) is 13.1 Å². The van der Waals surface area contributed by atoms with E-state index in [1.54, 1.807) is 0 Å². The molecule has 20 heavy (non-hydrogen) atoms. The Morgan fingerprint density at radius 2 is 1.70 bits per heavy atom. The Morgan fingerprint density at radius 3 is 2.35 bits per heavy atom. The highest BCUT2D eigenvalue weighted by atomic mass is 15.1. The van der Waals surface area contributed by atoms with E-state index in [0.29, 0.717) is 0 Å². The third kappa shape index (κ3) is 3.61. The monoisotopic (exact) mass is 268 g/mol. The second-order valence-electron chi connectivity index (χ2n) is 5.19. The fraction of sp³-hybridized carbons (Fsp3) is 0.333. The smallest absolute Gasteiger partial charge is 0.0437 e. The lowest BCUT2D eigenvalue weighted by Gasteiger charge is -2.21. The Bertz CT molecular complexity index is 531. The van der Waals surface area contributed by atoms with Crippen molar-refractivity contribution >= 4 is 11.4 Å². The summed E-state index contributed by atoms with van der Waals surface area (Å²) >= 11 is 0. The molecule has 0 radical (unpaired) electrons. The van der Waals surface area contributed by atoms with Crippen LogP contribution in [0.1, 0.15) is 24.5 Å². The van der Waals surface area contributed by atoms with Gasteiger partial charge in [0.25, 0.3) is 0 Å². The summed E-state index contributed by atoms with van der Waals surface area (Å²) in [5, 5.41) is 3.43. The lowest BCUT2D eigenvalue weighted by atomic mass is 10.1. The van der Waals surface area contributed by atoms with Crippen LogP contribution < -0.4 is 10.2 Å². The van der Waals surface area contributed by atoms with E-state index in [1.807, 2.05) is 0 Å². The number of aryl methyl sites for hydroxylation is 1. The fourth-order valence-electron chi connectivity index (χ4n) is 2.33. The summed E-state index contributed by atoms with van der Waals surface area (Å²) in [7, 11) is 2.12. The highest BCUT2D eigenvalue weighted by Crippen LogP contribution is 2.26. The number of hydrogen-bond acceptors (Lipinski definition) is 2. The Kier molecular flexibility index (Phi) is 5.19. The van der Waals surface area contributed by atoms with Crippen molar-refractivity contribution in [3.8, 4) is 0 Å². The summed E-state index contributed by atoms with van der Waals surface area (Å²) in [5.74, 6) is 0. The minimum atomic E-state index is 0.947. The van der Waals surface area contributed by atoms with Gasteiger partial charge in [-0.3, -0.25) is 0 Å². The van der Waals surface area contributed by atoms with Crippen LogP contribution in [0, 0.1) is 6.92 Å². The Morgan fingerprint density at radius 1 is 1.00 bits per heavy atom. The number of anilines is 2. The average Bonchev–Trinajstić information content (AvgIpc) is 2.48. The number of rotatable bonds is 6. The first-order valence-corrected chi connectivity index (χ1v) is 7.31. The molecule has 0 aliphatic heterocycles. The molecule has 0 aliphatic carbocycles. The topological polar surface area (TPSA) is 15.3 Å². The maximum absolute atomic E-state index is 3.43. The molecule has 0 saturated carbocycles. The van der Waals surface area contributed by atoms with Crippen LogP contribution in [0.15, 0.2) is 48.5 Å². The molecular formula is C18H24N2. The molecule has 0 fully saturated rings. The highest BCUT2D eigenvalue weighted by Gasteiger charge is 2.05. The van der Waals surface area contributed by atoms with E-state index in [1.165, 1.54) is 28.9 Å². The average molecular weight is 268 g/mol. The number of para-hydroxylation sites is 1. The van der Waals surface area contributed by atoms with Gasteiger partial charge in [0.05, 0.1) is 0 Å². The summed E-state index contributed by atoms with van der Waals surface area (Å²) in [4.78, 5) is 2.23. The van der Waals surface area contributed by atoms with Gasteiger partial charge >= 0.3 is 0 Å². The Labute approximate surface area is 122 Å². The molecule has 2 aromatic rings. The molecule has 2 nitrogen and oxygen atoms in total. The van der Waals surface area contributed by atoms with Crippen molar-refractivity contribution in [2.24, 2.45) is 0 Å². The molecule has 1 N–H and O–H groups in total. The second kappa shape index (κ2) is 7.11. The van der Waals surface area contributed by atoms with Crippen molar-refractivity contribution < 1.29 is 0 Å². The van der Waals surface area contributed by atoms with Crippen molar-refractivity contribution in [1.29, 1.82) is 0 Å². The molecule has 2 rings (SSSR count). The summed E-state index contributed by atoms with van der Waals surface area (Å²) in [6.45, 7) is 6.36. The summed E-state index contributed by atoms with van der Waals surface area (Å²) < 4.78 is 0. The van der Waals surface area contributed by atoms with Gasteiger partial charge in [0.15, 0.2) is 0 Å².